The van der Waals surface area contributed by atoms with E-state index in [9.17, 15) is 4.79 Å². The van der Waals surface area contributed by atoms with Gasteiger partial charge >= 0.3 is 6.03 Å². The summed E-state index contributed by atoms with van der Waals surface area (Å²) in [6.07, 6.45) is 0.734. The number of carbonyl (C=O) groups is 1. The lowest BCUT2D eigenvalue weighted by Crippen LogP contribution is -2.44. The molecule has 2 amide bonds. The Labute approximate surface area is 147 Å². The molecule has 0 bridgehead atoms. The second-order valence-electron chi connectivity index (χ2n) is 5.94. The number of aryl methyl sites for hydroxylation is 1. The van der Waals surface area contributed by atoms with Crippen molar-refractivity contribution in [1.82, 2.24) is 15.2 Å². The predicted molar refractivity (Wildman–Crippen MR) is 97.7 cm³/mol. The molecule has 2 atom stereocenters. The zero-order chi connectivity index (χ0) is 17.7. The summed E-state index contributed by atoms with van der Waals surface area (Å²) >= 11 is 1.59. The van der Waals surface area contributed by atoms with Crippen LogP contribution in [0.5, 0.6) is 5.75 Å². The number of rotatable bonds is 6. The van der Waals surface area contributed by atoms with Gasteiger partial charge in [-0.05, 0) is 38.8 Å². The molecule has 0 unspecified atom stereocenters. The van der Waals surface area contributed by atoms with Crippen molar-refractivity contribution in [3.63, 3.8) is 0 Å². The number of aromatic nitrogens is 1. The third kappa shape index (κ3) is 4.47. The topological polar surface area (TPSA) is 54.5 Å². The van der Waals surface area contributed by atoms with Crippen LogP contribution in [0.1, 0.15) is 36.2 Å². The SMILES string of the molecule is COc1ccccc1C[C@H](C)N(C)C(=O)N[C@H](C)c1csc(C)n1. The number of benzene rings is 1. The van der Waals surface area contributed by atoms with Gasteiger partial charge in [0.1, 0.15) is 5.75 Å². The maximum atomic E-state index is 12.5. The maximum Gasteiger partial charge on any atom is 0.317 e. The van der Waals surface area contributed by atoms with Gasteiger partial charge in [0.15, 0.2) is 0 Å². The molecule has 0 aliphatic carbocycles. The molecule has 1 N–H and O–H groups in total. The molecule has 0 aliphatic heterocycles. The third-order valence-electron chi connectivity index (χ3n) is 4.11. The highest BCUT2D eigenvalue weighted by atomic mass is 32.1. The second kappa shape index (κ2) is 8.15. The molecule has 6 heteroatoms. The van der Waals surface area contributed by atoms with Gasteiger partial charge in [-0.25, -0.2) is 9.78 Å². The Morgan fingerprint density at radius 1 is 1.38 bits per heavy atom. The van der Waals surface area contributed by atoms with E-state index in [2.05, 4.69) is 10.3 Å². The molecule has 0 fully saturated rings. The molecule has 0 saturated carbocycles. The van der Waals surface area contributed by atoms with Crippen molar-refractivity contribution >= 4 is 17.4 Å². The smallest absolute Gasteiger partial charge is 0.317 e. The Balaban J connectivity index is 1.96. The van der Waals surface area contributed by atoms with Crippen molar-refractivity contribution in [3.8, 4) is 5.75 Å². The largest absolute Gasteiger partial charge is 0.496 e. The standard InChI is InChI=1S/C18H25N3O2S/c1-12(10-15-8-6-7-9-17(15)23-5)21(4)18(22)19-13(2)16-11-24-14(3)20-16/h6-9,11-13H,10H2,1-5H3,(H,19,22)/t12-,13+/m0/s1. The van der Waals surface area contributed by atoms with E-state index in [1.807, 2.05) is 57.5 Å². The molecule has 0 spiro atoms. The highest BCUT2D eigenvalue weighted by Gasteiger charge is 2.20. The van der Waals surface area contributed by atoms with Crippen LogP contribution < -0.4 is 10.1 Å². The summed E-state index contributed by atoms with van der Waals surface area (Å²) in [5.41, 5.74) is 1.99. The van der Waals surface area contributed by atoms with E-state index in [0.717, 1.165) is 28.4 Å². The second-order valence-corrected chi connectivity index (χ2v) is 7.00. The lowest BCUT2D eigenvalue weighted by Gasteiger charge is -2.27. The minimum absolute atomic E-state index is 0.0469. The Morgan fingerprint density at radius 2 is 2.08 bits per heavy atom. The van der Waals surface area contributed by atoms with Crippen LogP contribution in [0.25, 0.3) is 0 Å². The van der Waals surface area contributed by atoms with Crippen molar-refractivity contribution in [2.45, 2.75) is 39.3 Å². The number of thiazole rings is 1. The van der Waals surface area contributed by atoms with E-state index in [-0.39, 0.29) is 18.1 Å². The van der Waals surface area contributed by atoms with Crippen LogP contribution in [0.15, 0.2) is 29.6 Å². The highest BCUT2D eigenvalue weighted by Crippen LogP contribution is 2.21. The summed E-state index contributed by atoms with van der Waals surface area (Å²) in [5, 5.41) is 5.99. The van der Waals surface area contributed by atoms with Gasteiger partial charge in [0.2, 0.25) is 0 Å². The number of nitrogens with one attached hydrogen (secondary N) is 1. The fourth-order valence-electron chi connectivity index (χ4n) is 2.47. The molecule has 0 radical (unpaired) electrons. The summed E-state index contributed by atoms with van der Waals surface area (Å²) in [7, 11) is 3.48. The number of hydrogen-bond acceptors (Lipinski definition) is 4. The summed E-state index contributed by atoms with van der Waals surface area (Å²) in [5.74, 6) is 0.851. The number of nitrogens with zero attached hydrogens (tertiary/aromatic N) is 2. The van der Waals surface area contributed by atoms with Gasteiger partial charge in [-0.15, -0.1) is 11.3 Å². The monoisotopic (exact) mass is 347 g/mol. The van der Waals surface area contributed by atoms with Gasteiger partial charge in [0.05, 0.1) is 23.9 Å². The average molecular weight is 347 g/mol. The van der Waals surface area contributed by atoms with Gasteiger partial charge in [0, 0.05) is 18.5 Å². The number of hydrogen-bond donors (Lipinski definition) is 1. The van der Waals surface area contributed by atoms with Crippen molar-refractivity contribution in [2.24, 2.45) is 0 Å². The first kappa shape index (κ1) is 18.3. The van der Waals surface area contributed by atoms with Crippen LogP contribution in [0, 0.1) is 6.92 Å². The van der Waals surface area contributed by atoms with Crippen LogP contribution in [0.4, 0.5) is 4.79 Å². The zero-order valence-corrected chi connectivity index (χ0v) is 15.7. The Morgan fingerprint density at radius 3 is 2.71 bits per heavy atom. The van der Waals surface area contributed by atoms with Crippen molar-refractivity contribution in [3.05, 3.63) is 45.9 Å². The summed E-state index contributed by atoms with van der Waals surface area (Å²) in [6.45, 7) is 5.94. The van der Waals surface area contributed by atoms with E-state index in [0.29, 0.717) is 0 Å². The summed E-state index contributed by atoms with van der Waals surface area (Å²) in [4.78, 5) is 18.6. The quantitative estimate of drug-likeness (QED) is 0.865. The maximum absolute atomic E-state index is 12.5. The van der Waals surface area contributed by atoms with E-state index in [1.165, 1.54) is 0 Å². The third-order valence-corrected chi connectivity index (χ3v) is 4.90. The zero-order valence-electron chi connectivity index (χ0n) is 14.9. The molecule has 5 nitrogen and oxygen atoms in total. The molecule has 1 heterocycles. The first-order valence-corrected chi connectivity index (χ1v) is 8.87. The molecule has 1 aromatic carbocycles. The number of urea groups is 1. The van der Waals surface area contributed by atoms with Gasteiger partial charge in [0.25, 0.3) is 0 Å². The minimum Gasteiger partial charge on any atom is -0.496 e. The first-order chi connectivity index (χ1) is 11.4. The Kier molecular flexibility index (Phi) is 6.20. The summed E-state index contributed by atoms with van der Waals surface area (Å²) < 4.78 is 5.38. The predicted octanol–water partition coefficient (Wildman–Crippen LogP) is 3.79. The summed E-state index contributed by atoms with van der Waals surface area (Å²) in [6, 6.07) is 7.74. The molecule has 2 aromatic rings. The number of para-hydroxylation sites is 1. The lowest BCUT2D eigenvalue weighted by molar-refractivity contribution is 0.190. The first-order valence-electron chi connectivity index (χ1n) is 7.99. The van der Waals surface area contributed by atoms with Crippen LogP contribution >= 0.6 is 11.3 Å². The fourth-order valence-corrected chi connectivity index (χ4v) is 3.17. The van der Waals surface area contributed by atoms with E-state index >= 15 is 0 Å². The van der Waals surface area contributed by atoms with Crippen LogP contribution in [-0.2, 0) is 6.42 Å². The Bertz CT molecular complexity index is 686. The van der Waals surface area contributed by atoms with Crippen LogP contribution in [-0.4, -0.2) is 36.1 Å². The average Bonchev–Trinajstić information content (AvgIpc) is 3.01. The van der Waals surface area contributed by atoms with Gasteiger partial charge < -0.3 is 15.0 Å². The molecule has 2 rings (SSSR count). The molecule has 24 heavy (non-hydrogen) atoms. The van der Waals surface area contributed by atoms with E-state index in [4.69, 9.17) is 4.74 Å². The van der Waals surface area contributed by atoms with Gasteiger partial charge in [-0.2, -0.15) is 0 Å². The lowest BCUT2D eigenvalue weighted by atomic mass is 10.1. The molecule has 130 valence electrons. The van der Waals surface area contributed by atoms with Crippen molar-refractivity contribution < 1.29 is 9.53 Å². The molecular weight excluding hydrogens is 322 g/mol. The molecular formula is C18H25N3O2S. The number of likely N-dealkylation sites (N-methyl/N-ethyl adjacent to an activating group) is 1. The number of carbonyl (C=O) groups excluding carboxylic acids is 1. The van der Waals surface area contributed by atoms with E-state index < -0.39 is 0 Å². The van der Waals surface area contributed by atoms with Crippen LogP contribution in [0.3, 0.4) is 0 Å². The van der Waals surface area contributed by atoms with Crippen LogP contribution in [0.2, 0.25) is 0 Å². The van der Waals surface area contributed by atoms with Crippen molar-refractivity contribution in [2.75, 3.05) is 14.2 Å². The van der Waals surface area contributed by atoms with Gasteiger partial charge in [-0.3, -0.25) is 0 Å². The fraction of sp³-hybridized carbons (Fsp3) is 0.444. The number of methoxy groups -OCH3 is 1. The Hall–Kier alpha value is -2.08. The van der Waals surface area contributed by atoms with E-state index in [1.54, 1.807) is 23.3 Å². The number of ether oxygens (including phenoxy) is 1. The minimum atomic E-state index is -0.108. The highest BCUT2D eigenvalue weighted by molar-refractivity contribution is 7.09. The molecule has 0 aliphatic rings. The van der Waals surface area contributed by atoms with Gasteiger partial charge in [-0.1, -0.05) is 18.2 Å². The van der Waals surface area contributed by atoms with Crippen molar-refractivity contribution in [1.29, 1.82) is 0 Å². The molecule has 0 saturated heterocycles. The normalized spacial score (nSPS) is 13.2. The molecule has 1 aromatic heterocycles. The number of amides is 2.